The highest BCUT2D eigenvalue weighted by atomic mass is 32.2. The minimum atomic E-state index is -2.94. The molecule has 1 aliphatic heterocycles. The highest BCUT2D eigenvalue weighted by Crippen LogP contribution is 2.26. The summed E-state index contributed by atoms with van der Waals surface area (Å²) in [6.45, 7) is 3.85. The first kappa shape index (κ1) is 18.3. The number of hydrogen-bond donors (Lipinski definition) is 2. The van der Waals surface area contributed by atoms with Gasteiger partial charge in [-0.2, -0.15) is 10.2 Å². The number of rotatable bonds is 4. The van der Waals surface area contributed by atoms with Crippen molar-refractivity contribution in [2.45, 2.75) is 58.0 Å². The molecule has 2 heterocycles. The molecule has 2 N–H and O–H groups in total. The summed E-state index contributed by atoms with van der Waals surface area (Å²) in [4.78, 5) is 0. The lowest BCUT2D eigenvalue weighted by molar-refractivity contribution is 0.486. The van der Waals surface area contributed by atoms with Gasteiger partial charge in [0.2, 0.25) is 0 Å². The number of hydrogen-bond acceptors (Lipinski definition) is 5. The highest BCUT2D eigenvalue weighted by molar-refractivity contribution is 7.91. The van der Waals surface area contributed by atoms with Crippen LogP contribution in [0.2, 0.25) is 0 Å². The molecule has 1 saturated heterocycles. The molecule has 1 saturated carbocycles. The summed E-state index contributed by atoms with van der Waals surface area (Å²) in [5, 5.41) is 12.6. The molecular weight excluding hydrogens is 358 g/mol. The van der Waals surface area contributed by atoms with Crippen LogP contribution in [-0.4, -0.2) is 47.1 Å². The second-order valence-corrected chi connectivity index (χ2v) is 9.55. The van der Waals surface area contributed by atoms with Crippen LogP contribution in [0.4, 0.5) is 0 Å². The first-order valence-electron chi connectivity index (χ1n) is 8.71. The Labute approximate surface area is 154 Å². The predicted octanol–water partition coefficient (Wildman–Crippen LogP) is 1.60. The standard InChI is InChI=1S/C16H25N5O2S2/c1-11-15(9-17-19-16(24)18-13-5-3-4-6-13)12(2)21(20-11)14-7-8-25(22,23)10-14/h9,13-14H,3-8,10H2,1-2H3,(H2,18,19,24)/b17-9-/t14-/m1/s1. The van der Waals surface area contributed by atoms with Gasteiger partial charge >= 0.3 is 0 Å². The zero-order valence-electron chi connectivity index (χ0n) is 14.7. The van der Waals surface area contributed by atoms with Gasteiger partial charge < -0.3 is 5.32 Å². The summed E-state index contributed by atoms with van der Waals surface area (Å²) in [5.74, 6) is 0.404. The van der Waals surface area contributed by atoms with E-state index in [1.807, 2.05) is 18.5 Å². The summed E-state index contributed by atoms with van der Waals surface area (Å²) >= 11 is 5.27. The number of aromatic nitrogens is 2. The van der Waals surface area contributed by atoms with Crippen molar-refractivity contribution in [3.8, 4) is 0 Å². The molecule has 9 heteroatoms. The Morgan fingerprint density at radius 2 is 2.04 bits per heavy atom. The normalized spacial score (nSPS) is 23.4. The molecule has 2 aliphatic rings. The smallest absolute Gasteiger partial charge is 0.187 e. The molecule has 1 aliphatic carbocycles. The largest absolute Gasteiger partial charge is 0.359 e. The summed E-state index contributed by atoms with van der Waals surface area (Å²) in [5.41, 5.74) is 5.53. The van der Waals surface area contributed by atoms with Gasteiger partial charge in [-0.3, -0.25) is 10.1 Å². The zero-order chi connectivity index (χ0) is 18.0. The maximum absolute atomic E-state index is 11.7. The third-order valence-electron chi connectivity index (χ3n) is 4.99. The lowest BCUT2D eigenvalue weighted by Gasteiger charge is -2.13. The molecular formula is C16H25N5O2S2. The van der Waals surface area contributed by atoms with Crippen LogP contribution in [0.5, 0.6) is 0 Å². The molecule has 25 heavy (non-hydrogen) atoms. The molecule has 0 bridgehead atoms. The minimum Gasteiger partial charge on any atom is -0.359 e. The van der Waals surface area contributed by atoms with E-state index in [2.05, 4.69) is 20.9 Å². The highest BCUT2D eigenvalue weighted by Gasteiger charge is 2.31. The lowest BCUT2D eigenvalue weighted by Crippen LogP contribution is -2.38. The van der Waals surface area contributed by atoms with E-state index in [4.69, 9.17) is 12.2 Å². The molecule has 2 fully saturated rings. The van der Waals surface area contributed by atoms with Gasteiger partial charge in [-0.1, -0.05) is 12.8 Å². The average molecular weight is 384 g/mol. The minimum absolute atomic E-state index is 0.0797. The van der Waals surface area contributed by atoms with Crippen LogP contribution in [0.3, 0.4) is 0 Å². The van der Waals surface area contributed by atoms with Crippen LogP contribution in [0.25, 0.3) is 0 Å². The number of hydrazone groups is 1. The van der Waals surface area contributed by atoms with Gasteiger partial charge in [0.05, 0.1) is 29.5 Å². The van der Waals surface area contributed by atoms with Crippen LogP contribution in [0.15, 0.2) is 5.10 Å². The number of sulfone groups is 1. The van der Waals surface area contributed by atoms with E-state index in [9.17, 15) is 8.42 Å². The molecule has 0 amide bonds. The Balaban J connectivity index is 1.63. The molecule has 0 spiro atoms. The molecule has 138 valence electrons. The summed E-state index contributed by atoms with van der Waals surface area (Å²) in [6.07, 6.45) is 7.13. The quantitative estimate of drug-likeness (QED) is 0.466. The molecule has 7 nitrogen and oxygen atoms in total. The molecule has 0 aromatic carbocycles. The third-order valence-corrected chi connectivity index (χ3v) is 6.94. The molecule has 1 aromatic heterocycles. The molecule has 0 radical (unpaired) electrons. The molecule has 1 aromatic rings. The Morgan fingerprint density at radius 1 is 1.32 bits per heavy atom. The topological polar surface area (TPSA) is 88.4 Å². The van der Waals surface area contributed by atoms with Crippen molar-refractivity contribution in [3.63, 3.8) is 0 Å². The molecule has 0 unspecified atom stereocenters. The number of aryl methyl sites for hydroxylation is 1. The van der Waals surface area contributed by atoms with Gasteiger partial charge in [-0.15, -0.1) is 0 Å². The fourth-order valence-corrected chi connectivity index (χ4v) is 5.54. The first-order chi connectivity index (χ1) is 11.9. The van der Waals surface area contributed by atoms with Gasteiger partial charge in [0.1, 0.15) is 0 Å². The Hall–Kier alpha value is -1.48. The van der Waals surface area contributed by atoms with Crippen molar-refractivity contribution in [2.75, 3.05) is 11.5 Å². The second-order valence-electron chi connectivity index (χ2n) is 6.91. The number of thiocarbonyl (C=S) groups is 1. The van der Waals surface area contributed by atoms with Crippen molar-refractivity contribution in [1.82, 2.24) is 20.5 Å². The van der Waals surface area contributed by atoms with Crippen molar-refractivity contribution < 1.29 is 8.42 Å². The van der Waals surface area contributed by atoms with Crippen molar-refractivity contribution >= 4 is 33.4 Å². The average Bonchev–Trinajstić information content (AvgIpc) is 3.23. The van der Waals surface area contributed by atoms with E-state index < -0.39 is 9.84 Å². The summed E-state index contributed by atoms with van der Waals surface area (Å²) in [7, 11) is -2.94. The zero-order valence-corrected chi connectivity index (χ0v) is 16.3. The maximum atomic E-state index is 11.7. The third kappa shape index (κ3) is 4.38. The van der Waals surface area contributed by atoms with Gasteiger partial charge in [-0.05, 0) is 45.3 Å². The predicted molar refractivity (Wildman–Crippen MR) is 103 cm³/mol. The van der Waals surface area contributed by atoms with Gasteiger partial charge in [-0.25, -0.2) is 8.42 Å². The van der Waals surface area contributed by atoms with E-state index in [0.29, 0.717) is 17.6 Å². The van der Waals surface area contributed by atoms with Crippen LogP contribution < -0.4 is 10.7 Å². The van der Waals surface area contributed by atoms with Gasteiger partial charge in [0.15, 0.2) is 14.9 Å². The SMILES string of the molecule is Cc1nn([C@@H]2CCS(=O)(=O)C2)c(C)c1/C=N\NC(=S)NC1CCCC1. The lowest BCUT2D eigenvalue weighted by atomic mass is 10.2. The van der Waals surface area contributed by atoms with Crippen LogP contribution >= 0.6 is 12.2 Å². The Morgan fingerprint density at radius 3 is 2.68 bits per heavy atom. The van der Waals surface area contributed by atoms with Crippen molar-refractivity contribution in [1.29, 1.82) is 0 Å². The van der Waals surface area contributed by atoms with Crippen LogP contribution in [0, 0.1) is 13.8 Å². The van der Waals surface area contributed by atoms with Gasteiger partial charge in [0, 0.05) is 17.3 Å². The summed E-state index contributed by atoms with van der Waals surface area (Å²) < 4.78 is 25.2. The maximum Gasteiger partial charge on any atom is 0.187 e. The van der Waals surface area contributed by atoms with Crippen LogP contribution in [0.1, 0.15) is 55.1 Å². The molecule has 1 atom stereocenters. The monoisotopic (exact) mass is 383 g/mol. The number of nitrogens with one attached hydrogen (secondary N) is 2. The van der Waals surface area contributed by atoms with E-state index in [0.717, 1.165) is 29.8 Å². The fraction of sp³-hybridized carbons (Fsp3) is 0.688. The van der Waals surface area contributed by atoms with E-state index in [-0.39, 0.29) is 17.5 Å². The first-order valence-corrected chi connectivity index (χ1v) is 10.9. The Bertz CT molecular complexity index is 779. The second kappa shape index (κ2) is 7.41. The van der Waals surface area contributed by atoms with Crippen molar-refractivity contribution in [3.05, 3.63) is 17.0 Å². The summed E-state index contributed by atoms with van der Waals surface area (Å²) in [6, 6.07) is 0.370. The van der Waals surface area contributed by atoms with E-state index >= 15 is 0 Å². The van der Waals surface area contributed by atoms with E-state index in [1.165, 1.54) is 12.8 Å². The van der Waals surface area contributed by atoms with Crippen LogP contribution in [-0.2, 0) is 9.84 Å². The molecule has 3 rings (SSSR count). The van der Waals surface area contributed by atoms with Gasteiger partial charge in [0.25, 0.3) is 0 Å². The Kier molecular flexibility index (Phi) is 5.43. The number of nitrogens with zero attached hydrogens (tertiary/aromatic N) is 3. The van der Waals surface area contributed by atoms with E-state index in [1.54, 1.807) is 6.21 Å². The van der Waals surface area contributed by atoms with Crippen molar-refractivity contribution in [2.24, 2.45) is 5.10 Å². The fourth-order valence-electron chi connectivity index (χ4n) is 3.63.